The summed E-state index contributed by atoms with van der Waals surface area (Å²) in [6, 6.07) is 13.6. The molecular weight excluding hydrogens is 338 g/mol. The van der Waals surface area contributed by atoms with Gasteiger partial charge in [0, 0.05) is 0 Å². The van der Waals surface area contributed by atoms with Crippen molar-refractivity contribution in [3.05, 3.63) is 59.7 Å². The third-order valence-electron chi connectivity index (χ3n) is 3.70. The zero-order valence-electron chi connectivity index (χ0n) is 14.7. The SMILES string of the molecule is CCCOC(=O)CN(c1cc(C)ccc1C)S(=O)(=O)c1ccccc1. The van der Waals surface area contributed by atoms with Crippen LogP contribution >= 0.6 is 0 Å². The van der Waals surface area contributed by atoms with Crippen molar-refractivity contribution < 1.29 is 17.9 Å². The predicted octanol–water partition coefficient (Wildman–Crippen LogP) is 3.45. The minimum absolute atomic E-state index is 0.138. The van der Waals surface area contributed by atoms with Gasteiger partial charge in [-0.1, -0.05) is 37.3 Å². The van der Waals surface area contributed by atoms with Crippen molar-refractivity contribution in [2.45, 2.75) is 32.1 Å². The number of sulfonamides is 1. The number of aryl methyl sites for hydroxylation is 2. The van der Waals surface area contributed by atoms with Gasteiger partial charge in [-0.25, -0.2) is 8.42 Å². The number of esters is 1. The molecule has 0 amide bonds. The number of nitrogens with zero attached hydrogens (tertiary/aromatic N) is 1. The molecule has 6 heteroatoms. The molecule has 2 rings (SSSR count). The van der Waals surface area contributed by atoms with Crippen LogP contribution in [0.15, 0.2) is 53.4 Å². The lowest BCUT2D eigenvalue weighted by molar-refractivity contribution is -0.141. The van der Waals surface area contributed by atoms with Crippen LogP contribution in [0.2, 0.25) is 0 Å². The Labute approximate surface area is 149 Å². The van der Waals surface area contributed by atoms with E-state index in [1.165, 1.54) is 12.1 Å². The summed E-state index contributed by atoms with van der Waals surface area (Å²) in [5.74, 6) is -0.567. The van der Waals surface area contributed by atoms with Gasteiger partial charge in [-0.2, -0.15) is 0 Å². The van der Waals surface area contributed by atoms with Crippen LogP contribution in [0.1, 0.15) is 24.5 Å². The van der Waals surface area contributed by atoms with Crippen LogP contribution in [-0.4, -0.2) is 27.5 Å². The minimum Gasteiger partial charge on any atom is -0.464 e. The fraction of sp³-hybridized carbons (Fsp3) is 0.316. The van der Waals surface area contributed by atoms with Crippen molar-refractivity contribution in [2.75, 3.05) is 17.5 Å². The molecule has 0 saturated heterocycles. The molecule has 134 valence electrons. The highest BCUT2D eigenvalue weighted by Gasteiger charge is 2.28. The molecule has 0 spiro atoms. The van der Waals surface area contributed by atoms with E-state index in [0.29, 0.717) is 12.1 Å². The molecule has 0 aliphatic heterocycles. The standard InChI is InChI=1S/C19H23NO4S/c1-4-12-24-19(21)14-20(18-13-15(2)10-11-16(18)3)25(22,23)17-8-6-5-7-9-17/h5-11,13H,4,12,14H2,1-3H3. The van der Waals surface area contributed by atoms with Crippen LogP contribution in [0.25, 0.3) is 0 Å². The van der Waals surface area contributed by atoms with Gasteiger partial charge in [-0.05, 0) is 49.6 Å². The number of carbonyl (C=O) groups is 1. The first kappa shape index (κ1) is 19.0. The third kappa shape index (κ3) is 4.60. The van der Waals surface area contributed by atoms with Crippen LogP contribution in [0, 0.1) is 13.8 Å². The van der Waals surface area contributed by atoms with Gasteiger partial charge in [0.05, 0.1) is 17.2 Å². The highest BCUT2D eigenvalue weighted by atomic mass is 32.2. The normalized spacial score (nSPS) is 11.2. The molecule has 0 aromatic heterocycles. The number of ether oxygens (including phenoxy) is 1. The Bertz CT molecular complexity index is 832. The van der Waals surface area contributed by atoms with E-state index in [1.807, 2.05) is 32.9 Å². The summed E-state index contributed by atoms with van der Waals surface area (Å²) in [6.07, 6.45) is 0.681. The fourth-order valence-corrected chi connectivity index (χ4v) is 3.87. The Hall–Kier alpha value is -2.34. The predicted molar refractivity (Wildman–Crippen MR) is 98.1 cm³/mol. The van der Waals surface area contributed by atoms with Gasteiger partial charge >= 0.3 is 5.97 Å². The number of rotatable bonds is 7. The maximum atomic E-state index is 13.1. The topological polar surface area (TPSA) is 63.7 Å². The van der Waals surface area contributed by atoms with Crippen molar-refractivity contribution in [3.8, 4) is 0 Å². The van der Waals surface area contributed by atoms with Crippen molar-refractivity contribution in [1.29, 1.82) is 0 Å². The van der Waals surface area contributed by atoms with E-state index in [1.54, 1.807) is 24.3 Å². The molecule has 0 bridgehead atoms. The number of hydrogen-bond acceptors (Lipinski definition) is 4. The number of hydrogen-bond donors (Lipinski definition) is 0. The molecule has 0 aliphatic carbocycles. The lowest BCUT2D eigenvalue weighted by Crippen LogP contribution is -2.37. The Morgan fingerprint density at radius 3 is 2.40 bits per heavy atom. The summed E-state index contributed by atoms with van der Waals surface area (Å²) in [4.78, 5) is 12.3. The molecule has 0 heterocycles. The Morgan fingerprint density at radius 2 is 1.76 bits per heavy atom. The molecule has 0 fully saturated rings. The van der Waals surface area contributed by atoms with Crippen molar-refractivity contribution >= 4 is 21.7 Å². The molecule has 2 aromatic rings. The second-order valence-electron chi connectivity index (χ2n) is 5.84. The highest BCUT2D eigenvalue weighted by molar-refractivity contribution is 7.92. The van der Waals surface area contributed by atoms with Gasteiger partial charge in [-0.15, -0.1) is 0 Å². The average Bonchev–Trinajstić information content (AvgIpc) is 2.60. The maximum absolute atomic E-state index is 13.1. The minimum atomic E-state index is -3.88. The van der Waals surface area contributed by atoms with Crippen LogP contribution in [0.5, 0.6) is 0 Å². The van der Waals surface area contributed by atoms with Crippen molar-refractivity contribution in [3.63, 3.8) is 0 Å². The smallest absolute Gasteiger partial charge is 0.326 e. The average molecular weight is 361 g/mol. The second-order valence-corrected chi connectivity index (χ2v) is 7.70. The summed E-state index contributed by atoms with van der Waals surface area (Å²) in [5, 5.41) is 0. The van der Waals surface area contributed by atoms with Crippen LogP contribution in [0.3, 0.4) is 0 Å². The van der Waals surface area contributed by atoms with E-state index in [0.717, 1.165) is 15.4 Å². The first-order chi connectivity index (χ1) is 11.9. The largest absolute Gasteiger partial charge is 0.464 e. The molecule has 5 nitrogen and oxygen atoms in total. The maximum Gasteiger partial charge on any atom is 0.326 e. The Balaban J connectivity index is 2.49. The molecule has 0 N–H and O–H groups in total. The summed E-state index contributed by atoms with van der Waals surface area (Å²) < 4.78 is 32.5. The van der Waals surface area contributed by atoms with E-state index in [-0.39, 0.29) is 18.0 Å². The van der Waals surface area contributed by atoms with Crippen LogP contribution in [-0.2, 0) is 19.6 Å². The van der Waals surface area contributed by atoms with E-state index in [4.69, 9.17) is 4.74 Å². The van der Waals surface area contributed by atoms with Crippen LogP contribution < -0.4 is 4.31 Å². The second kappa shape index (κ2) is 8.16. The molecule has 0 saturated carbocycles. The number of benzene rings is 2. The zero-order valence-corrected chi connectivity index (χ0v) is 15.5. The molecule has 0 atom stereocenters. The Morgan fingerprint density at radius 1 is 1.08 bits per heavy atom. The molecule has 2 aromatic carbocycles. The molecule has 0 aliphatic rings. The van der Waals surface area contributed by atoms with Gasteiger partial charge in [0.15, 0.2) is 0 Å². The lowest BCUT2D eigenvalue weighted by atomic mass is 10.1. The van der Waals surface area contributed by atoms with Gasteiger partial charge in [0.2, 0.25) is 0 Å². The Kier molecular flexibility index (Phi) is 6.20. The first-order valence-corrected chi connectivity index (χ1v) is 9.61. The third-order valence-corrected chi connectivity index (χ3v) is 5.48. The number of anilines is 1. The highest BCUT2D eigenvalue weighted by Crippen LogP contribution is 2.27. The van der Waals surface area contributed by atoms with Crippen molar-refractivity contribution in [2.24, 2.45) is 0 Å². The monoisotopic (exact) mass is 361 g/mol. The van der Waals surface area contributed by atoms with Gasteiger partial charge in [-0.3, -0.25) is 9.10 Å². The van der Waals surface area contributed by atoms with Gasteiger partial charge in [0.1, 0.15) is 6.54 Å². The summed E-state index contributed by atoms with van der Waals surface area (Å²) >= 11 is 0. The van der Waals surface area contributed by atoms with E-state index < -0.39 is 16.0 Å². The van der Waals surface area contributed by atoms with E-state index in [2.05, 4.69) is 0 Å². The molecular formula is C19H23NO4S. The van der Waals surface area contributed by atoms with Gasteiger partial charge < -0.3 is 4.74 Å². The summed E-state index contributed by atoms with van der Waals surface area (Å²) in [7, 11) is -3.88. The summed E-state index contributed by atoms with van der Waals surface area (Å²) in [6.45, 7) is 5.49. The van der Waals surface area contributed by atoms with E-state index >= 15 is 0 Å². The fourth-order valence-electron chi connectivity index (χ4n) is 2.39. The van der Waals surface area contributed by atoms with Gasteiger partial charge in [0.25, 0.3) is 10.0 Å². The van der Waals surface area contributed by atoms with E-state index in [9.17, 15) is 13.2 Å². The molecule has 0 unspecified atom stereocenters. The van der Waals surface area contributed by atoms with Crippen LogP contribution in [0.4, 0.5) is 5.69 Å². The molecule has 0 radical (unpaired) electrons. The molecule has 25 heavy (non-hydrogen) atoms. The quantitative estimate of drug-likeness (QED) is 0.709. The van der Waals surface area contributed by atoms with Crippen molar-refractivity contribution in [1.82, 2.24) is 0 Å². The number of carbonyl (C=O) groups excluding carboxylic acids is 1. The summed E-state index contributed by atoms with van der Waals surface area (Å²) in [5.41, 5.74) is 2.17. The lowest BCUT2D eigenvalue weighted by Gasteiger charge is -2.25. The first-order valence-electron chi connectivity index (χ1n) is 8.17. The zero-order chi connectivity index (χ0) is 18.4.